The second-order valence-electron chi connectivity index (χ2n) is 10.1. The maximum absolute atomic E-state index is 13.2. The highest BCUT2D eigenvalue weighted by molar-refractivity contribution is 6.05. The molecule has 0 unspecified atom stereocenters. The number of hydrogen-bond acceptors (Lipinski definition) is 7. The Morgan fingerprint density at radius 3 is 2.40 bits per heavy atom. The third-order valence-electron chi connectivity index (χ3n) is 7.57. The Labute approximate surface area is 243 Å². The van der Waals surface area contributed by atoms with Gasteiger partial charge in [-0.1, -0.05) is 30.3 Å². The minimum Gasteiger partial charge on any atom is -0.383 e. The zero-order valence-corrected chi connectivity index (χ0v) is 23.4. The number of ether oxygens (including phenoxy) is 1. The molecule has 1 aliphatic heterocycles. The van der Waals surface area contributed by atoms with E-state index >= 15 is 0 Å². The zero-order chi connectivity index (χ0) is 29.2. The van der Waals surface area contributed by atoms with Crippen LogP contribution >= 0.6 is 0 Å². The van der Waals surface area contributed by atoms with Gasteiger partial charge in [-0.2, -0.15) is 0 Å². The second-order valence-corrected chi connectivity index (χ2v) is 10.1. The smallest absolute Gasteiger partial charge is 0.284 e. The number of carbonyl (C=O) groups excluding carboxylic acids is 1. The molecule has 2 aromatic carbocycles. The van der Waals surface area contributed by atoms with Gasteiger partial charge in [-0.05, 0) is 60.5 Å². The van der Waals surface area contributed by atoms with Crippen molar-refractivity contribution in [2.75, 3.05) is 42.3 Å². The van der Waals surface area contributed by atoms with Crippen molar-refractivity contribution in [1.29, 1.82) is 0 Å². The van der Waals surface area contributed by atoms with Crippen LogP contribution in [0.25, 0.3) is 27.9 Å². The van der Waals surface area contributed by atoms with E-state index < -0.39 is 5.91 Å². The SMILES string of the molecule is Cc1c(C(=O)Nc2ccc(-c3cc(-c4ccnc(N5CCOCC5)c4)cnc3N)cc2)c(=O)n(-c2ccccc2)n1C. The highest BCUT2D eigenvalue weighted by Crippen LogP contribution is 2.31. The van der Waals surface area contributed by atoms with E-state index in [4.69, 9.17) is 10.5 Å². The fourth-order valence-electron chi connectivity index (χ4n) is 5.18. The molecule has 1 saturated heterocycles. The van der Waals surface area contributed by atoms with Crippen LogP contribution < -0.4 is 21.5 Å². The summed E-state index contributed by atoms with van der Waals surface area (Å²) in [6.07, 6.45) is 3.56. The number of nitrogens with two attached hydrogens (primary N) is 1. The van der Waals surface area contributed by atoms with Gasteiger partial charge in [-0.15, -0.1) is 0 Å². The fourth-order valence-corrected chi connectivity index (χ4v) is 5.18. The van der Waals surface area contributed by atoms with E-state index in [-0.39, 0.29) is 11.1 Å². The number of morpholine rings is 1. The van der Waals surface area contributed by atoms with Crippen LogP contribution in [-0.4, -0.2) is 51.5 Å². The molecule has 0 atom stereocenters. The summed E-state index contributed by atoms with van der Waals surface area (Å²) < 4.78 is 8.64. The molecule has 0 aliphatic carbocycles. The van der Waals surface area contributed by atoms with Crippen molar-refractivity contribution < 1.29 is 9.53 Å². The molecule has 10 heteroatoms. The average molecular weight is 562 g/mol. The quantitative estimate of drug-likeness (QED) is 0.318. The first kappa shape index (κ1) is 27.0. The first-order valence-corrected chi connectivity index (χ1v) is 13.7. The third kappa shape index (κ3) is 5.15. The molecule has 42 heavy (non-hydrogen) atoms. The number of para-hydroxylation sites is 1. The molecular weight excluding hydrogens is 530 g/mol. The molecule has 212 valence electrons. The largest absolute Gasteiger partial charge is 0.383 e. The Kier molecular flexibility index (Phi) is 7.28. The van der Waals surface area contributed by atoms with Crippen LogP contribution in [-0.2, 0) is 11.8 Å². The minimum atomic E-state index is -0.465. The van der Waals surface area contributed by atoms with Gasteiger partial charge in [0.15, 0.2) is 0 Å². The van der Waals surface area contributed by atoms with E-state index in [1.54, 1.807) is 43.2 Å². The molecule has 4 heterocycles. The first-order valence-electron chi connectivity index (χ1n) is 13.7. The lowest BCUT2D eigenvalue weighted by atomic mass is 10.0. The van der Waals surface area contributed by atoms with E-state index in [1.165, 1.54) is 4.68 Å². The predicted octanol–water partition coefficient (Wildman–Crippen LogP) is 4.28. The molecule has 0 saturated carbocycles. The van der Waals surface area contributed by atoms with E-state index in [0.717, 1.165) is 41.2 Å². The summed E-state index contributed by atoms with van der Waals surface area (Å²) in [5.41, 5.74) is 11.4. The number of nitrogen functional groups attached to an aromatic ring is 1. The fraction of sp³-hybridized carbons (Fsp3) is 0.188. The van der Waals surface area contributed by atoms with Crippen LogP contribution in [0.15, 0.2) is 90.0 Å². The molecule has 5 aromatic rings. The topological polar surface area (TPSA) is 120 Å². The lowest BCUT2D eigenvalue weighted by Gasteiger charge is -2.28. The summed E-state index contributed by atoms with van der Waals surface area (Å²) in [4.78, 5) is 37.7. The number of rotatable bonds is 6. The molecule has 0 bridgehead atoms. The normalized spacial score (nSPS) is 13.2. The van der Waals surface area contributed by atoms with Crippen LogP contribution in [0.4, 0.5) is 17.3 Å². The van der Waals surface area contributed by atoms with E-state index in [1.807, 2.05) is 54.6 Å². The van der Waals surface area contributed by atoms with Gasteiger partial charge in [-0.3, -0.25) is 14.3 Å². The summed E-state index contributed by atoms with van der Waals surface area (Å²) in [6, 6.07) is 22.6. The number of nitrogens with zero attached hydrogens (tertiary/aromatic N) is 5. The summed E-state index contributed by atoms with van der Waals surface area (Å²) in [5, 5.41) is 2.87. The van der Waals surface area contributed by atoms with E-state index in [2.05, 4.69) is 26.3 Å². The Morgan fingerprint density at radius 2 is 1.67 bits per heavy atom. The van der Waals surface area contributed by atoms with Crippen LogP contribution in [0.1, 0.15) is 16.1 Å². The van der Waals surface area contributed by atoms with Crippen LogP contribution in [0.3, 0.4) is 0 Å². The number of anilines is 3. The van der Waals surface area contributed by atoms with E-state index in [0.29, 0.717) is 36.1 Å². The number of amides is 1. The van der Waals surface area contributed by atoms with Crippen molar-refractivity contribution in [1.82, 2.24) is 19.3 Å². The molecule has 0 spiro atoms. The summed E-state index contributed by atoms with van der Waals surface area (Å²) in [6.45, 7) is 4.74. The van der Waals surface area contributed by atoms with Crippen molar-refractivity contribution in [3.63, 3.8) is 0 Å². The summed E-state index contributed by atoms with van der Waals surface area (Å²) in [5.74, 6) is 0.838. The standard InChI is InChI=1S/C32H31N7O3/c1-21-29(32(41)39(37(21)2)26-6-4-3-5-7-26)31(40)36-25-10-8-22(9-11-25)27-18-24(20-35-30(27)33)23-12-13-34-28(19-23)38-14-16-42-17-15-38/h3-13,18-20H,14-17H2,1-2H3,(H2,33,35)(H,36,40). The van der Waals surface area contributed by atoms with Gasteiger partial charge in [0.25, 0.3) is 11.5 Å². The van der Waals surface area contributed by atoms with Gasteiger partial charge >= 0.3 is 0 Å². The van der Waals surface area contributed by atoms with Crippen molar-refractivity contribution in [3.05, 3.63) is 107 Å². The van der Waals surface area contributed by atoms with Gasteiger partial charge in [0.2, 0.25) is 0 Å². The Bertz CT molecular complexity index is 1800. The molecule has 6 rings (SSSR count). The number of nitrogens with one attached hydrogen (secondary N) is 1. The molecule has 3 N–H and O–H groups in total. The van der Waals surface area contributed by atoms with Gasteiger partial charge in [0, 0.05) is 49.3 Å². The molecule has 1 amide bonds. The Hall–Kier alpha value is -5.22. The maximum atomic E-state index is 13.2. The highest BCUT2D eigenvalue weighted by atomic mass is 16.5. The Balaban J connectivity index is 1.23. The summed E-state index contributed by atoms with van der Waals surface area (Å²) in [7, 11) is 1.76. The number of pyridine rings is 2. The van der Waals surface area contributed by atoms with Gasteiger partial charge in [0.05, 0.1) is 24.6 Å². The first-order chi connectivity index (χ1) is 20.4. The van der Waals surface area contributed by atoms with Crippen LogP contribution in [0.2, 0.25) is 0 Å². The number of carbonyl (C=O) groups is 1. The summed E-state index contributed by atoms with van der Waals surface area (Å²) >= 11 is 0. The highest BCUT2D eigenvalue weighted by Gasteiger charge is 2.22. The molecule has 1 fully saturated rings. The number of hydrogen-bond donors (Lipinski definition) is 2. The lowest BCUT2D eigenvalue weighted by molar-refractivity contribution is 0.102. The molecule has 3 aromatic heterocycles. The van der Waals surface area contributed by atoms with E-state index in [9.17, 15) is 9.59 Å². The van der Waals surface area contributed by atoms with Gasteiger partial charge in [-0.25, -0.2) is 14.6 Å². The zero-order valence-electron chi connectivity index (χ0n) is 23.4. The van der Waals surface area contributed by atoms with Gasteiger partial charge < -0.3 is 20.7 Å². The monoisotopic (exact) mass is 561 g/mol. The number of aromatic nitrogens is 4. The minimum absolute atomic E-state index is 0.0976. The van der Waals surface area contributed by atoms with Crippen molar-refractivity contribution >= 4 is 23.2 Å². The molecule has 1 aliphatic rings. The van der Waals surface area contributed by atoms with Crippen LogP contribution in [0.5, 0.6) is 0 Å². The van der Waals surface area contributed by atoms with Crippen LogP contribution in [0, 0.1) is 6.92 Å². The molecule has 10 nitrogen and oxygen atoms in total. The van der Waals surface area contributed by atoms with Crippen molar-refractivity contribution in [2.45, 2.75) is 6.92 Å². The molecule has 0 radical (unpaired) electrons. The molecular formula is C32H31N7O3. The second kappa shape index (κ2) is 11.3. The lowest BCUT2D eigenvalue weighted by Crippen LogP contribution is -2.36. The van der Waals surface area contributed by atoms with Crippen molar-refractivity contribution in [3.8, 4) is 27.9 Å². The maximum Gasteiger partial charge on any atom is 0.284 e. The average Bonchev–Trinajstić information content (AvgIpc) is 3.25. The Morgan fingerprint density at radius 1 is 0.929 bits per heavy atom. The third-order valence-corrected chi connectivity index (χ3v) is 7.57. The van der Waals surface area contributed by atoms with Crippen molar-refractivity contribution in [2.24, 2.45) is 7.05 Å². The van der Waals surface area contributed by atoms with Gasteiger partial charge in [0.1, 0.15) is 17.2 Å². The predicted molar refractivity (Wildman–Crippen MR) is 164 cm³/mol. The number of benzene rings is 2.